The lowest BCUT2D eigenvalue weighted by molar-refractivity contribution is 0.0929. The van der Waals surface area contributed by atoms with Gasteiger partial charge < -0.3 is 25.3 Å². The number of anilines is 1. The van der Waals surface area contributed by atoms with E-state index >= 15 is 0 Å². The average Bonchev–Trinajstić information content (AvgIpc) is 2.61. The molecule has 134 valence electrons. The molecule has 1 amide bonds. The number of nitrogen functional groups attached to an aromatic ring is 1. The highest BCUT2D eigenvalue weighted by molar-refractivity contribution is 6.33. The first-order chi connectivity index (χ1) is 11.9. The average molecular weight is 365 g/mol. The zero-order chi connectivity index (χ0) is 18.4. The normalized spacial score (nSPS) is 11.5. The molecular formula is C18H21ClN2O4. The molecule has 0 radical (unpaired) electrons. The third-order valence-electron chi connectivity index (χ3n) is 3.49. The predicted molar refractivity (Wildman–Crippen MR) is 97.8 cm³/mol. The van der Waals surface area contributed by atoms with Gasteiger partial charge in [-0.2, -0.15) is 0 Å². The van der Waals surface area contributed by atoms with Crippen LogP contribution in [0.25, 0.3) is 0 Å². The SMILES string of the molecule is COc1cccc(OC(C)CNC(=O)c2cc(Cl)c(N)cc2OC)c1. The van der Waals surface area contributed by atoms with Crippen LogP contribution >= 0.6 is 11.6 Å². The van der Waals surface area contributed by atoms with Crippen molar-refractivity contribution in [3.63, 3.8) is 0 Å². The first-order valence-electron chi connectivity index (χ1n) is 7.66. The van der Waals surface area contributed by atoms with Crippen molar-refractivity contribution in [3.05, 3.63) is 47.0 Å². The van der Waals surface area contributed by atoms with Gasteiger partial charge in [0.1, 0.15) is 23.4 Å². The summed E-state index contributed by atoms with van der Waals surface area (Å²) in [7, 11) is 3.06. The second-order valence-corrected chi connectivity index (χ2v) is 5.80. The molecule has 2 aromatic rings. The van der Waals surface area contributed by atoms with Crippen LogP contribution in [0.3, 0.4) is 0 Å². The second-order valence-electron chi connectivity index (χ2n) is 5.39. The first-order valence-corrected chi connectivity index (χ1v) is 8.04. The van der Waals surface area contributed by atoms with Gasteiger partial charge in [0.2, 0.25) is 0 Å². The van der Waals surface area contributed by atoms with Gasteiger partial charge in [-0.1, -0.05) is 17.7 Å². The molecule has 0 saturated heterocycles. The van der Waals surface area contributed by atoms with E-state index in [2.05, 4.69) is 5.32 Å². The fraction of sp³-hybridized carbons (Fsp3) is 0.278. The summed E-state index contributed by atoms with van der Waals surface area (Å²) in [6, 6.07) is 10.3. The third kappa shape index (κ3) is 4.93. The zero-order valence-corrected chi connectivity index (χ0v) is 15.1. The molecule has 0 saturated carbocycles. The summed E-state index contributed by atoms with van der Waals surface area (Å²) < 4.78 is 16.1. The van der Waals surface area contributed by atoms with E-state index in [0.29, 0.717) is 40.1 Å². The van der Waals surface area contributed by atoms with Crippen molar-refractivity contribution in [3.8, 4) is 17.2 Å². The molecular weight excluding hydrogens is 344 g/mol. The summed E-state index contributed by atoms with van der Waals surface area (Å²) in [6.07, 6.45) is -0.244. The Hall–Kier alpha value is -2.60. The van der Waals surface area contributed by atoms with Crippen LogP contribution in [-0.4, -0.2) is 32.8 Å². The Labute approximate surface area is 151 Å². The molecule has 0 aromatic heterocycles. The van der Waals surface area contributed by atoms with Gasteiger partial charge in [0.25, 0.3) is 5.91 Å². The summed E-state index contributed by atoms with van der Waals surface area (Å²) in [5.74, 6) is 1.41. The maximum Gasteiger partial charge on any atom is 0.255 e. The number of hydrogen-bond acceptors (Lipinski definition) is 5. The maximum absolute atomic E-state index is 12.4. The zero-order valence-electron chi connectivity index (χ0n) is 14.3. The lowest BCUT2D eigenvalue weighted by atomic mass is 10.1. The predicted octanol–water partition coefficient (Wildman–Crippen LogP) is 3.14. The van der Waals surface area contributed by atoms with Gasteiger partial charge in [-0.05, 0) is 25.1 Å². The quantitative estimate of drug-likeness (QED) is 0.737. The van der Waals surface area contributed by atoms with Crippen molar-refractivity contribution < 1.29 is 19.0 Å². The number of ether oxygens (including phenoxy) is 3. The van der Waals surface area contributed by atoms with Crippen LogP contribution < -0.4 is 25.3 Å². The van der Waals surface area contributed by atoms with E-state index in [9.17, 15) is 4.79 Å². The Morgan fingerprint density at radius 2 is 1.92 bits per heavy atom. The highest BCUT2D eigenvalue weighted by atomic mass is 35.5. The minimum atomic E-state index is -0.320. The molecule has 1 atom stereocenters. The van der Waals surface area contributed by atoms with E-state index in [0.717, 1.165) is 0 Å². The van der Waals surface area contributed by atoms with E-state index in [4.69, 9.17) is 31.5 Å². The molecule has 0 spiro atoms. The molecule has 7 heteroatoms. The summed E-state index contributed by atoms with van der Waals surface area (Å²) in [5.41, 5.74) is 6.39. The number of halogens is 1. The van der Waals surface area contributed by atoms with Crippen molar-refractivity contribution in [1.29, 1.82) is 0 Å². The number of hydrogen-bond donors (Lipinski definition) is 2. The van der Waals surface area contributed by atoms with Gasteiger partial charge in [-0.3, -0.25) is 4.79 Å². The number of methoxy groups -OCH3 is 2. The molecule has 0 heterocycles. The molecule has 0 fully saturated rings. The van der Waals surface area contributed by atoms with E-state index in [-0.39, 0.29) is 12.0 Å². The third-order valence-corrected chi connectivity index (χ3v) is 3.82. The summed E-state index contributed by atoms with van der Waals surface area (Å²) in [5, 5.41) is 3.09. The number of nitrogens with one attached hydrogen (secondary N) is 1. The Bertz CT molecular complexity index is 752. The van der Waals surface area contributed by atoms with Crippen molar-refractivity contribution in [2.24, 2.45) is 0 Å². The van der Waals surface area contributed by atoms with E-state index in [1.165, 1.54) is 19.2 Å². The molecule has 0 bridgehead atoms. The van der Waals surface area contributed by atoms with Crippen LogP contribution in [-0.2, 0) is 0 Å². The smallest absolute Gasteiger partial charge is 0.255 e. The Morgan fingerprint density at radius 1 is 1.20 bits per heavy atom. The van der Waals surface area contributed by atoms with Crippen LogP contribution in [0.5, 0.6) is 17.2 Å². The molecule has 2 aromatic carbocycles. The maximum atomic E-state index is 12.4. The Kier molecular flexibility index (Phi) is 6.36. The molecule has 25 heavy (non-hydrogen) atoms. The van der Waals surface area contributed by atoms with Crippen molar-refractivity contribution in [2.75, 3.05) is 26.5 Å². The van der Waals surface area contributed by atoms with Crippen LogP contribution in [0, 0.1) is 0 Å². The van der Waals surface area contributed by atoms with E-state index in [1.807, 2.05) is 25.1 Å². The van der Waals surface area contributed by atoms with Crippen molar-refractivity contribution in [1.82, 2.24) is 5.32 Å². The van der Waals surface area contributed by atoms with E-state index < -0.39 is 0 Å². The highest BCUT2D eigenvalue weighted by Crippen LogP contribution is 2.28. The fourth-order valence-corrected chi connectivity index (χ4v) is 2.36. The van der Waals surface area contributed by atoms with Gasteiger partial charge in [0.15, 0.2) is 0 Å². The highest BCUT2D eigenvalue weighted by Gasteiger charge is 2.16. The van der Waals surface area contributed by atoms with Gasteiger partial charge in [-0.15, -0.1) is 0 Å². The molecule has 2 rings (SSSR count). The molecule has 6 nitrogen and oxygen atoms in total. The van der Waals surface area contributed by atoms with E-state index in [1.54, 1.807) is 13.2 Å². The molecule has 0 aliphatic heterocycles. The number of rotatable bonds is 7. The van der Waals surface area contributed by atoms with Crippen LogP contribution in [0.15, 0.2) is 36.4 Å². The number of carbonyl (C=O) groups is 1. The number of nitrogens with two attached hydrogens (primary N) is 1. The molecule has 1 unspecified atom stereocenters. The minimum absolute atomic E-state index is 0.244. The number of amides is 1. The molecule has 0 aliphatic rings. The number of benzene rings is 2. The van der Waals surface area contributed by atoms with Crippen LogP contribution in [0.2, 0.25) is 5.02 Å². The second kappa shape index (κ2) is 8.48. The molecule has 3 N–H and O–H groups in total. The van der Waals surface area contributed by atoms with Gasteiger partial charge in [0.05, 0.1) is 37.0 Å². The van der Waals surface area contributed by atoms with Crippen molar-refractivity contribution >= 4 is 23.2 Å². The Balaban J connectivity index is 1.98. The van der Waals surface area contributed by atoms with Crippen molar-refractivity contribution in [2.45, 2.75) is 13.0 Å². The summed E-state index contributed by atoms with van der Waals surface area (Å²) in [6.45, 7) is 2.16. The first kappa shape index (κ1) is 18.7. The topological polar surface area (TPSA) is 82.8 Å². The van der Waals surface area contributed by atoms with Gasteiger partial charge in [0, 0.05) is 12.1 Å². The monoisotopic (exact) mass is 364 g/mol. The fourth-order valence-electron chi connectivity index (χ4n) is 2.20. The Morgan fingerprint density at radius 3 is 2.60 bits per heavy atom. The summed E-state index contributed by atoms with van der Waals surface area (Å²) >= 11 is 5.99. The summed E-state index contributed by atoms with van der Waals surface area (Å²) in [4.78, 5) is 12.4. The lowest BCUT2D eigenvalue weighted by Crippen LogP contribution is -2.33. The van der Waals surface area contributed by atoms with Gasteiger partial charge in [-0.25, -0.2) is 0 Å². The van der Waals surface area contributed by atoms with Gasteiger partial charge >= 0.3 is 0 Å². The molecule has 0 aliphatic carbocycles. The lowest BCUT2D eigenvalue weighted by Gasteiger charge is -2.17. The standard InChI is InChI=1S/C18H21ClN2O4/c1-11(25-13-6-4-5-12(7-13)23-2)10-21-18(22)14-8-15(19)16(20)9-17(14)24-3/h4-9,11H,10,20H2,1-3H3,(H,21,22). The minimum Gasteiger partial charge on any atom is -0.497 e. The largest absolute Gasteiger partial charge is 0.497 e. The number of carbonyl (C=O) groups excluding carboxylic acids is 1. The van der Waals surface area contributed by atoms with Crippen LogP contribution in [0.4, 0.5) is 5.69 Å². The van der Waals surface area contributed by atoms with Crippen LogP contribution in [0.1, 0.15) is 17.3 Å².